The average molecular weight is 285 g/mol. The van der Waals surface area contributed by atoms with Gasteiger partial charge in [0.05, 0.1) is 6.10 Å². The Bertz CT molecular complexity index is 311. The van der Waals surface area contributed by atoms with Gasteiger partial charge in [-0.15, -0.1) is 0 Å². The first-order chi connectivity index (χ1) is 9.47. The van der Waals surface area contributed by atoms with Gasteiger partial charge < -0.3 is 15.2 Å². The summed E-state index contributed by atoms with van der Waals surface area (Å²) in [5.74, 6) is -0.355. The smallest absolute Gasteiger partial charge is 0.303 e. The first-order valence-electron chi connectivity index (χ1n) is 7.57. The Morgan fingerprint density at radius 2 is 2.15 bits per heavy atom. The van der Waals surface area contributed by atoms with E-state index in [0.29, 0.717) is 18.9 Å². The molecule has 0 aromatic rings. The number of nitrogens with one attached hydrogen (secondary N) is 1. The van der Waals surface area contributed by atoms with Gasteiger partial charge in [0.1, 0.15) is 0 Å². The van der Waals surface area contributed by atoms with E-state index in [9.17, 15) is 9.59 Å². The van der Waals surface area contributed by atoms with Crippen molar-refractivity contribution in [2.45, 2.75) is 58.5 Å². The van der Waals surface area contributed by atoms with Gasteiger partial charge in [0.2, 0.25) is 5.91 Å². The molecule has 5 nitrogen and oxygen atoms in total. The van der Waals surface area contributed by atoms with Crippen molar-refractivity contribution in [2.24, 2.45) is 11.8 Å². The van der Waals surface area contributed by atoms with Crippen LogP contribution < -0.4 is 5.32 Å². The number of carbonyl (C=O) groups is 2. The van der Waals surface area contributed by atoms with Gasteiger partial charge in [0, 0.05) is 26.0 Å². The average Bonchev–Trinajstić information content (AvgIpc) is 2.85. The molecule has 0 aliphatic carbocycles. The lowest BCUT2D eigenvalue weighted by Crippen LogP contribution is -2.31. The number of hydrogen-bond donors (Lipinski definition) is 2. The predicted octanol–water partition coefficient (Wildman–Crippen LogP) is 2.20. The van der Waals surface area contributed by atoms with Gasteiger partial charge in [0.15, 0.2) is 0 Å². The van der Waals surface area contributed by atoms with Gasteiger partial charge in [-0.1, -0.05) is 13.8 Å². The molecule has 0 spiro atoms. The molecule has 1 saturated heterocycles. The molecular weight excluding hydrogens is 258 g/mol. The Kier molecular flexibility index (Phi) is 7.59. The van der Waals surface area contributed by atoms with Gasteiger partial charge in [-0.3, -0.25) is 9.59 Å². The third-order valence-electron chi connectivity index (χ3n) is 3.57. The molecule has 1 fully saturated rings. The maximum atomic E-state index is 11.8. The van der Waals surface area contributed by atoms with Crippen molar-refractivity contribution in [3.8, 4) is 0 Å². The number of carboxylic acids is 1. The van der Waals surface area contributed by atoms with Gasteiger partial charge in [-0.2, -0.15) is 0 Å². The highest BCUT2D eigenvalue weighted by molar-refractivity contribution is 5.76. The van der Waals surface area contributed by atoms with Crippen LogP contribution in [0.3, 0.4) is 0 Å². The Morgan fingerprint density at radius 1 is 1.40 bits per heavy atom. The summed E-state index contributed by atoms with van der Waals surface area (Å²) in [4.78, 5) is 22.6. The third-order valence-corrected chi connectivity index (χ3v) is 3.57. The Labute approximate surface area is 121 Å². The number of aliphatic carboxylic acids is 1. The zero-order chi connectivity index (χ0) is 15.0. The molecule has 5 heteroatoms. The molecule has 1 aliphatic heterocycles. The molecule has 0 aromatic heterocycles. The Morgan fingerprint density at radius 3 is 2.70 bits per heavy atom. The maximum absolute atomic E-state index is 11.8. The second-order valence-corrected chi connectivity index (χ2v) is 6.07. The molecule has 0 saturated carbocycles. The van der Waals surface area contributed by atoms with Crippen molar-refractivity contribution in [1.29, 1.82) is 0 Å². The van der Waals surface area contributed by atoms with Crippen molar-refractivity contribution in [2.75, 3.05) is 13.2 Å². The lowest BCUT2D eigenvalue weighted by molar-refractivity contribution is -0.138. The minimum atomic E-state index is -0.802. The standard InChI is InChI=1S/C15H27NO4/c1-11(2)8-12(9-15(18)19)10-16-14(17)6-5-13-4-3-7-20-13/h11-13H,3-10H2,1-2H3,(H,16,17)(H,18,19). The van der Waals surface area contributed by atoms with Gasteiger partial charge >= 0.3 is 5.97 Å². The fraction of sp³-hybridized carbons (Fsp3) is 0.867. The van der Waals surface area contributed by atoms with Crippen LogP contribution in [-0.2, 0) is 14.3 Å². The monoisotopic (exact) mass is 285 g/mol. The largest absolute Gasteiger partial charge is 0.481 e. The molecular formula is C15H27NO4. The van der Waals surface area contributed by atoms with Crippen LogP contribution in [0.25, 0.3) is 0 Å². The Balaban J connectivity index is 2.22. The SMILES string of the molecule is CC(C)CC(CNC(=O)CCC1CCCO1)CC(=O)O. The number of hydrogen-bond acceptors (Lipinski definition) is 3. The number of carbonyl (C=O) groups excluding carboxylic acids is 1. The van der Waals surface area contributed by atoms with Crippen LogP contribution in [0.1, 0.15) is 52.4 Å². The fourth-order valence-electron chi connectivity index (χ4n) is 2.66. The van der Waals surface area contributed by atoms with Crippen molar-refractivity contribution in [1.82, 2.24) is 5.32 Å². The minimum Gasteiger partial charge on any atom is -0.481 e. The van der Waals surface area contributed by atoms with Crippen LogP contribution in [0.4, 0.5) is 0 Å². The topological polar surface area (TPSA) is 75.6 Å². The number of rotatable bonds is 9. The molecule has 0 aromatic carbocycles. The molecule has 1 rings (SSSR count). The van der Waals surface area contributed by atoms with E-state index in [1.54, 1.807) is 0 Å². The lowest BCUT2D eigenvalue weighted by atomic mass is 9.94. The minimum absolute atomic E-state index is 0.000329. The first kappa shape index (κ1) is 17.0. The van der Waals surface area contributed by atoms with Crippen LogP contribution >= 0.6 is 0 Å². The third kappa shape index (κ3) is 7.48. The summed E-state index contributed by atoms with van der Waals surface area (Å²) in [5, 5.41) is 11.7. The zero-order valence-corrected chi connectivity index (χ0v) is 12.6. The van der Waals surface area contributed by atoms with E-state index in [1.807, 2.05) is 0 Å². The molecule has 0 radical (unpaired) electrons. The summed E-state index contributed by atoms with van der Waals surface area (Å²) in [5.41, 5.74) is 0. The maximum Gasteiger partial charge on any atom is 0.303 e. The highest BCUT2D eigenvalue weighted by Gasteiger charge is 2.18. The summed E-state index contributed by atoms with van der Waals surface area (Å²) >= 11 is 0. The summed E-state index contributed by atoms with van der Waals surface area (Å²) in [7, 11) is 0. The van der Waals surface area contributed by atoms with Crippen LogP contribution in [0, 0.1) is 11.8 Å². The zero-order valence-electron chi connectivity index (χ0n) is 12.6. The van der Waals surface area contributed by atoms with E-state index in [1.165, 1.54) is 0 Å². The van der Waals surface area contributed by atoms with Gasteiger partial charge in [-0.05, 0) is 37.5 Å². The van der Waals surface area contributed by atoms with Crippen LogP contribution in [0.5, 0.6) is 0 Å². The number of ether oxygens (including phenoxy) is 1. The van der Waals surface area contributed by atoms with Crippen LogP contribution in [0.2, 0.25) is 0 Å². The van der Waals surface area contributed by atoms with Crippen molar-refractivity contribution >= 4 is 11.9 Å². The molecule has 0 bridgehead atoms. The highest BCUT2D eigenvalue weighted by Crippen LogP contribution is 2.17. The van der Waals surface area contributed by atoms with Crippen molar-refractivity contribution in [3.63, 3.8) is 0 Å². The quantitative estimate of drug-likeness (QED) is 0.681. The summed E-state index contributed by atoms with van der Waals surface area (Å²) in [6.07, 6.45) is 4.52. The molecule has 1 amide bonds. The highest BCUT2D eigenvalue weighted by atomic mass is 16.5. The van der Waals surface area contributed by atoms with E-state index in [4.69, 9.17) is 9.84 Å². The lowest BCUT2D eigenvalue weighted by Gasteiger charge is -2.18. The van der Waals surface area contributed by atoms with E-state index in [-0.39, 0.29) is 24.3 Å². The van der Waals surface area contributed by atoms with Crippen LogP contribution in [-0.4, -0.2) is 36.2 Å². The van der Waals surface area contributed by atoms with Gasteiger partial charge in [0.25, 0.3) is 0 Å². The summed E-state index contributed by atoms with van der Waals surface area (Å²) in [6.45, 7) is 5.39. The Hall–Kier alpha value is -1.10. The number of carboxylic acid groups (broad SMARTS) is 1. The molecule has 20 heavy (non-hydrogen) atoms. The second kappa shape index (κ2) is 8.95. The molecule has 116 valence electrons. The summed E-state index contributed by atoms with van der Waals surface area (Å²) < 4.78 is 5.48. The predicted molar refractivity (Wildman–Crippen MR) is 76.4 cm³/mol. The molecule has 2 atom stereocenters. The molecule has 2 unspecified atom stereocenters. The first-order valence-corrected chi connectivity index (χ1v) is 7.57. The number of amides is 1. The fourth-order valence-corrected chi connectivity index (χ4v) is 2.66. The van der Waals surface area contributed by atoms with E-state index < -0.39 is 5.97 Å². The van der Waals surface area contributed by atoms with Crippen molar-refractivity contribution in [3.05, 3.63) is 0 Å². The van der Waals surface area contributed by atoms with Gasteiger partial charge in [-0.25, -0.2) is 0 Å². The second-order valence-electron chi connectivity index (χ2n) is 6.07. The summed E-state index contributed by atoms with van der Waals surface area (Å²) in [6, 6.07) is 0. The normalized spacial score (nSPS) is 20.1. The molecule has 2 N–H and O–H groups in total. The van der Waals surface area contributed by atoms with Crippen molar-refractivity contribution < 1.29 is 19.4 Å². The molecule has 1 aliphatic rings. The van der Waals surface area contributed by atoms with Crippen LogP contribution in [0.15, 0.2) is 0 Å². The van der Waals surface area contributed by atoms with E-state index in [2.05, 4.69) is 19.2 Å². The molecule has 1 heterocycles. The van der Waals surface area contributed by atoms with E-state index in [0.717, 1.165) is 32.3 Å². The van der Waals surface area contributed by atoms with E-state index >= 15 is 0 Å².